The minimum atomic E-state index is -0.707. The van der Waals surface area contributed by atoms with Crippen molar-refractivity contribution in [2.45, 2.75) is 62.3 Å². The fourth-order valence-corrected chi connectivity index (χ4v) is 10.8. The van der Waals surface area contributed by atoms with Crippen LogP contribution in [0, 0.1) is 5.92 Å². The van der Waals surface area contributed by atoms with Gasteiger partial charge < -0.3 is 9.80 Å². The molecule has 0 bridgehead atoms. The molecular formula is C59H56N2S. The number of nitrogens with zero attached hydrogens (tertiary/aromatic N) is 2. The molecule has 2 nitrogen and oxygen atoms in total. The maximum Gasteiger partial charge on any atom is 0.0569 e. The van der Waals surface area contributed by atoms with E-state index in [-0.39, 0.29) is 12.0 Å². The van der Waals surface area contributed by atoms with Crippen LogP contribution >= 0.6 is 11.8 Å². The molecule has 0 saturated carbocycles. The van der Waals surface area contributed by atoms with Gasteiger partial charge in [0.05, 0.1) is 11.5 Å². The normalized spacial score (nSPS) is 16.2. The Morgan fingerprint density at radius 2 is 1.10 bits per heavy atom. The number of allylic oxidation sites excluding steroid dienone is 5. The Bertz CT molecular complexity index is 2710. The van der Waals surface area contributed by atoms with Crippen LogP contribution in [0.5, 0.6) is 0 Å². The van der Waals surface area contributed by atoms with E-state index < -0.39 is 5.41 Å². The highest BCUT2D eigenvalue weighted by atomic mass is 32.2. The van der Waals surface area contributed by atoms with Gasteiger partial charge in [-0.05, 0) is 151 Å². The quantitative estimate of drug-likeness (QED) is 0.101. The number of hydrogen-bond donors (Lipinski definition) is 0. The predicted octanol–water partition coefficient (Wildman–Crippen LogP) is 16.6. The van der Waals surface area contributed by atoms with Crippen molar-refractivity contribution >= 4 is 45.3 Å². The molecule has 8 rings (SSSR count). The molecule has 0 N–H and O–H groups in total. The number of rotatable bonds is 14. The van der Waals surface area contributed by atoms with E-state index >= 15 is 0 Å². The fourth-order valence-electron chi connectivity index (χ4n) is 9.57. The third kappa shape index (κ3) is 7.90. The number of benzene rings is 7. The molecule has 3 heteroatoms. The zero-order valence-electron chi connectivity index (χ0n) is 36.6. The lowest BCUT2D eigenvalue weighted by Crippen LogP contribution is -2.44. The second kappa shape index (κ2) is 18.6. The van der Waals surface area contributed by atoms with Gasteiger partial charge in [-0.1, -0.05) is 165 Å². The molecule has 3 atom stereocenters. The number of anilines is 4. The number of para-hydroxylation sites is 4. The molecule has 0 spiro atoms. The van der Waals surface area contributed by atoms with Gasteiger partial charge in [0.2, 0.25) is 0 Å². The van der Waals surface area contributed by atoms with Crippen LogP contribution in [0.4, 0.5) is 22.7 Å². The Labute approximate surface area is 374 Å². The standard InChI is InChI=1S/C59H56N2S/c1-8-26-53(61(51-33-18-12-19-34-51)52-35-20-13-21-36-52)41-48(9-2)59(54-37-24-25-38-56(54)62-57-40-47-28-23-22-27-46(47)39-55(57)59)44(6)58(43(5)42(3)4)45(7)60(49-29-14-10-15-30-49)50-31-16-11-17-32-50/h8,10-41,45,48H,3,6,9H2,1-2,4-5,7H3/b26-8-,53-41+,58-43+/t45-,48?,59+/m0/s1. The summed E-state index contributed by atoms with van der Waals surface area (Å²) in [5.74, 6) is -0.0555. The summed E-state index contributed by atoms with van der Waals surface area (Å²) < 4.78 is 0. The summed E-state index contributed by atoms with van der Waals surface area (Å²) in [5.41, 5.74) is 11.8. The molecule has 0 aliphatic carbocycles. The maximum atomic E-state index is 5.41. The Morgan fingerprint density at radius 1 is 0.613 bits per heavy atom. The Kier molecular flexibility index (Phi) is 12.6. The van der Waals surface area contributed by atoms with Gasteiger partial charge in [0.25, 0.3) is 0 Å². The van der Waals surface area contributed by atoms with E-state index in [1.807, 2.05) is 11.8 Å². The predicted molar refractivity (Wildman–Crippen MR) is 268 cm³/mol. The topological polar surface area (TPSA) is 6.48 Å². The average Bonchev–Trinajstić information content (AvgIpc) is 3.31. The second-order valence-corrected chi connectivity index (χ2v) is 17.3. The molecule has 0 saturated heterocycles. The zero-order valence-corrected chi connectivity index (χ0v) is 37.4. The Morgan fingerprint density at radius 3 is 1.61 bits per heavy atom. The van der Waals surface area contributed by atoms with Gasteiger partial charge in [-0.3, -0.25) is 0 Å². The number of fused-ring (bicyclic) bond motifs is 3. The lowest BCUT2D eigenvalue weighted by atomic mass is 9.57. The minimum Gasteiger partial charge on any atom is -0.334 e. The van der Waals surface area contributed by atoms with E-state index in [0.29, 0.717) is 0 Å². The van der Waals surface area contributed by atoms with Gasteiger partial charge in [0, 0.05) is 38.2 Å². The smallest absolute Gasteiger partial charge is 0.0569 e. The molecule has 0 amide bonds. The van der Waals surface area contributed by atoms with Crippen molar-refractivity contribution in [3.63, 3.8) is 0 Å². The largest absolute Gasteiger partial charge is 0.334 e. The summed E-state index contributed by atoms with van der Waals surface area (Å²) in [7, 11) is 0. The van der Waals surface area contributed by atoms with Gasteiger partial charge in [0.1, 0.15) is 0 Å². The van der Waals surface area contributed by atoms with Crippen LogP contribution < -0.4 is 9.80 Å². The van der Waals surface area contributed by atoms with Crippen LogP contribution in [0.25, 0.3) is 10.8 Å². The van der Waals surface area contributed by atoms with E-state index in [2.05, 4.69) is 251 Å². The molecule has 7 aromatic carbocycles. The first-order valence-electron chi connectivity index (χ1n) is 21.8. The second-order valence-electron chi connectivity index (χ2n) is 16.2. The molecule has 1 aliphatic rings. The summed E-state index contributed by atoms with van der Waals surface area (Å²) in [4.78, 5) is 7.38. The van der Waals surface area contributed by atoms with Crippen LogP contribution in [0.1, 0.15) is 52.2 Å². The van der Waals surface area contributed by atoms with Crippen molar-refractivity contribution in [2.75, 3.05) is 9.80 Å². The highest BCUT2D eigenvalue weighted by Gasteiger charge is 2.50. The van der Waals surface area contributed by atoms with Gasteiger partial charge in [0.15, 0.2) is 0 Å². The molecule has 62 heavy (non-hydrogen) atoms. The molecule has 0 aromatic heterocycles. The first-order chi connectivity index (χ1) is 30.3. The van der Waals surface area contributed by atoms with Crippen molar-refractivity contribution in [1.29, 1.82) is 0 Å². The average molecular weight is 825 g/mol. The summed E-state index contributed by atoms with van der Waals surface area (Å²) in [6, 6.07) is 65.7. The molecule has 1 aliphatic heterocycles. The summed E-state index contributed by atoms with van der Waals surface area (Å²) in [6.45, 7) is 21.2. The van der Waals surface area contributed by atoms with E-state index in [1.54, 1.807) is 0 Å². The van der Waals surface area contributed by atoms with Crippen molar-refractivity contribution in [2.24, 2.45) is 5.92 Å². The molecule has 1 unspecified atom stereocenters. The molecule has 0 fully saturated rings. The Balaban J connectivity index is 1.48. The summed E-state index contributed by atoms with van der Waals surface area (Å²) >= 11 is 1.88. The van der Waals surface area contributed by atoms with Gasteiger partial charge >= 0.3 is 0 Å². The molecule has 1 heterocycles. The van der Waals surface area contributed by atoms with Crippen LogP contribution in [0.3, 0.4) is 0 Å². The van der Waals surface area contributed by atoms with Crippen molar-refractivity contribution in [3.05, 3.63) is 252 Å². The lowest BCUT2D eigenvalue weighted by Gasteiger charge is -2.49. The van der Waals surface area contributed by atoms with E-state index in [1.165, 1.54) is 37.3 Å². The van der Waals surface area contributed by atoms with Crippen LogP contribution in [-0.2, 0) is 5.41 Å². The SMILES string of the molecule is C=C(C)/C(C)=C(\C(=C)[C@@]1(C(/C=C(\C=C/C)N(c2ccccc2)c2ccccc2)CC)c2ccccc2Sc2cc3ccccc3cc21)[C@H](C)N(c1ccccc1)c1ccccc1. The fraction of sp³-hybridized carbons (Fsp3) is 0.153. The molecule has 7 aromatic rings. The van der Waals surface area contributed by atoms with Crippen molar-refractivity contribution < 1.29 is 0 Å². The third-order valence-corrected chi connectivity index (χ3v) is 13.6. The number of hydrogen-bond acceptors (Lipinski definition) is 3. The van der Waals surface area contributed by atoms with E-state index in [9.17, 15) is 0 Å². The Hall–Kier alpha value is -6.55. The molecule has 0 radical (unpaired) electrons. The molecule has 308 valence electrons. The lowest BCUT2D eigenvalue weighted by molar-refractivity contribution is 0.412. The first-order valence-corrected chi connectivity index (χ1v) is 22.6. The van der Waals surface area contributed by atoms with E-state index in [0.717, 1.165) is 51.6 Å². The van der Waals surface area contributed by atoms with Crippen molar-refractivity contribution in [1.82, 2.24) is 0 Å². The monoisotopic (exact) mass is 824 g/mol. The van der Waals surface area contributed by atoms with Crippen LogP contribution in [-0.4, -0.2) is 6.04 Å². The van der Waals surface area contributed by atoms with E-state index in [4.69, 9.17) is 6.58 Å². The molecular weight excluding hydrogens is 769 g/mol. The van der Waals surface area contributed by atoms with Crippen LogP contribution in [0.15, 0.2) is 251 Å². The van der Waals surface area contributed by atoms with Gasteiger partial charge in [-0.25, -0.2) is 0 Å². The van der Waals surface area contributed by atoms with Gasteiger partial charge in [-0.2, -0.15) is 0 Å². The van der Waals surface area contributed by atoms with Crippen molar-refractivity contribution in [3.8, 4) is 0 Å². The highest BCUT2D eigenvalue weighted by Crippen LogP contribution is 2.60. The highest BCUT2D eigenvalue weighted by molar-refractivity contribution is 7.99. The third-order valence-electron chi connectivity index (χ3n) is 12.5. The summed E-state index contributed by atoms with van der Waals surface area (Å²) in [6.07, 6.45) is 7.83. The zero-order chi connectivity index (χ0) is 43.2. The van der Waals surface area contributed by atoms with Gasteiger partial charge in [-0.15, -0.1) is 0 Å². The minimum absolute atomic E-state index is 0.0555. The maximum absolute atomic E-state index is 5.41. The summed E-state index contributed by atoms with van der Waals surface area (Å²) in [5, 5.41) is 2.45. The van der Waals surface area contributed by atoms with Crippen LogP contribution in [0.2, 0.25) is 0 Å². The first kappa shape index (κ1) is 42.2.